The van der Waals surface area contributed by atoms with Gasteiger partial charge in [0.1, 0.15) is 0 Å². The lowest BCUT2D eigenvalue weighted by Crippen LogP contribution is -1.98. The molecule has 2 aromatic rings. The first-order chi connectivity index (χ1) is 7.25. The molecule has 0 aliphatic rings. The van der Waals surface area contributed by atoms with E-state index in [-0.39, 0.29) is 5.15 Å². The molecular weight excluding hydrogens is 210 g/mol. The first-order valence-electron chi connectivity index (χ1n) is 4.57. The summed E-state index contributed by atoms with van der Waals surface area (Å²) < 4.78 is 0. The lowest BCUT2D eigenvalue weighted by Gasteiger charge is -2.01. The van der Waals surface area contributed by atoms with Crippen molar-refractivity contribution in [2.45, 2.75) is 6.42 Å². The molecule has 0 radical (unpaired) electrons. The van der Waals surface area contributed by atoms with Gasteiger partial charge >= 0.3 is 0 Å². The predicted octanol–water partition coefficient (Wildman–Crippen LogP) is 2.30. The molecule has 1 heterocycles. The summed E-state index contributed by atoms with van der Waals surface area (Å²) in [6.07, 6.45) is 0.717. The van der Waals surface area contributed by atoms with Gasteiger partial charge in [0, 0.05) is 6.42 Å². The molecule has 0 saturated carbocycles. The SMILES string of the molecule is Nc1cc(Cc2ccccc2)nnc1Cl. The number of hydrogen-bond donors (Lipinski definition) is 1. The van der Waals surface area contributed by atoms with E-state index in [0.29, 0.717) is 5.69 Å². The molecule has 4 heteroatoms. The lowest BCUT2D eigenvalue weighted by molar-refractivity contribution is 0.940. The van der Waals surface area contributed by atoms with Crippen LogP contribution in [0.1, 0.15) is 11.3 Å². The van der Waals surface area contributed by atoms with Crippen LogP contribution in [0.4, 0.5) is 5.69 Å². The maximum absolute atomic E-state index is 5.69. The molecule has 3 nitrogen and oxygen atoms in total. The van der Waals surface area contributed by atoms with E-state index in [4.69, 9.17) is 17.3 Å². The van der Waals surface area contributed by atoms with Gasteiger partial charge in [-0.25, -0.2) is 0 Å². The fraction of sp³-hybridized carbons (Fsp3) is 0.0909. The van der Waals surface area contributed by atoms with E-state index < -0.39 is 0 Å². The van der Waals surface area contributed by atoms with E-state index in [1.54, 1.807) is 6.07 Å². The first kappa shape index (κ1) is 9.93. The van der Waals surface area contributed by atoms with Crippen LogP contribution >= 0.6 is 11.6 Å². The Morgan fingerprint density at radius 2 is 1.87 bits per heavy atom. The zero-order valence-corrected chi connectivity index (χ0v) is 8.78. The van der Waals surface area contributed by atoms with Crippen LogP contribution in [-0.2, 0) is 6.42 Å². The van der Waals surface area contributed by atoms with Gasteiger partial charge < -0.3 is 5.73 Å². The molecule has 0 saturated heterocycles. The number of hydrogen-bond acceptors (Lipinski definition) is 3. The Balaban J connectivity index is 2.22. The van der Waals surface area contributed by atoms with Crippen LogP contribution in [0.3, 0.4) is 0 Å². The molecule has 0 aliphatic carbocycles. The molecule has 2 rings (SSSR count). The molecule has 0 fully saturated rings. The fourth-order valence-corrected chi connectivity index (χ4v) is 1.42. The van der Waals surface area contributed by atoms with Gasteiger partial charge in [-0.2, -0.15) is 5.10 Å². The van der Waals surface area contributed by atoms with Gasteiger partial charge in [0.25, 0.3) is 0 Å². The zero-order valence-electron chi connectivity index (χ0n) is 8.02. The summed E-state index contributed by atoms with van der Waals surface area (Å²) in [4.78, 5) is 0. The Morgan fingerprint density at radius 1 is 1.13 bits per heavy atom. The maximum Gasteiger partial charge on any atom is 0.174 e. The van der Waals surface area contributed by atoms with Gasteiger partial charge in [-0.15, -0.1) is 5.10 Å². The zero-order chi connectivity index (χ0) is 10.7. The number of nitrogen functional groups attached to an aromatic ring is 1. The molecule has 15 heavy (non-hydrogen) atoms. The highest BCUT2D eigenvalue weighted by Gasteiger charge is 2.02. The predicted molar refractivity (Wildman–Crippen MR) is 60.7 cm³/mol. The van der Waals surface area contributed by atoms with Crippen LogP contribution in [-0.4, -0.2) is 10.2 Å². The third kappa shape index (κ3) is 2.44. The Labute approximate surface area is 92.9 Å². The van der Waals surface area contributed by atoms with Crippen molar-refractivity contribution < 1.29 is 0 Å². The number of aromatic nitrogens is 2. The monoisotopic (exact) mass is 219 g/mol. The smallest absolute Gasteiger partial charge is 0.174 e. The van der Waals surface area contributed by atoms with Crippen molar-refractivity contribution in [3.8, 4) is 0 Å². The second-order valence-electron chi connectivity index (χ2n) is 3.24. The highest BCUT2D eigenvalue weighted by Crippen LogP contribution is 2.16. The van der Waals surface area contributed by atoms with E-state index in [2.05, 4.69) is 10.2 Å². The first-order valence-corrected chi connectivity index (χ1v) is 4.95. The van der Waals surface area contributed by atoms with Gasteiger partial charge in [-0.1, -0.05) is 41.9 Å². The van der Waals surface area contributed by atoms with Crippen molar-refractivity contribution in [2.75, 3.05) is 5.73 Å². The third-order valence-electron chi connectivity index (χ3n) is 2.05. The topological polar surface area (TPSA) is 51.8 Å². The van der Waals surface area contributed by atoms with Crippen molar-refractivity contribution in [1.29, 1.82) is 0 Å². The van der Waals surface area contributed by atoms with E-state index >= 15 is 0 Å². The van der Waals surface area contributed by atoms with Crippen LogP contribution in [0.25, 0.3) is 0 Å². The second-order valence-corrected chi connectivity index (χ2v) is 3.60. The standard InChI is InChI=1S/C11H10ClN3/c12-11-10(13)7-9(14-15-11)6-8-4-2-1-3-5-8/h1-5,7H,6H2,(H2,13,14). The van der Waals surface area contributed by atoms with Crippen molar-refractivity contribution in [2.24, 2.45) is 0 Å². The number of benzene rings is 1. The Hall–Kier alpha value is -1.61. The normalized spacial score (nSPS) is 10.2. The van der Waals surface area contributed by atoms with E-state index in [0.717, 1.165) is 12.1 Å². The highest BCUT2D eigenvalue weighted by atomic mass is 35.5. The largest absolute Gasteiger partial charge is 0.396 e. The summed E-state index contributed by atoms with van der Waals surface area (Å²) in [5.74, 6) is 0. The van der Waals surface area contributed by atoms with Crippen molar-refractivity contribution in [3.63, 3.8) is 0 Å². The second kappa shape index (κ2) is 4.28. The van der Waals surface area contributed by atoms with Crippen LogP contribution in [0.15, 0.2) is 36.4 Å². The Kier molecular flexibility index (Phi) is 2.83. The quantitative estimate of drug-likeness (QED) is 0.843. The minimum atomic E-state index is 0.256. The molecule has 0 aliphatic heterocycles. The summed E-state index contributed by atoms with van der Waals surface area (Å²) in [7, 11) is 0. The van der Waals surface area contributed by atoms with Crippen LogP contribution in [0.5, 0.6) is 0 Å². The van der Waals surface area contributed by atoms with E-state index in [1.807, 2.05) is 30.3 Å². The third-order valence-corrected chi connectivity index (χ3v) is 2.35. The average Bonchev–Trinajstić information content (AvgIpc) is 2.25. The molecule has 2 N–H and O–H groups in total. The minimum absolute atomic E-state index is 0.256. The van der Waals surface area contributed by atoms with E-state index in [1.165, 1.54) is 5.56 Å². The van der Waals surface area contributed by atoms with Gasteiger partial charge in [-0.3, -0.25) is 0 Å². The fourth-order valence-electron chi connectivity index (χ4n) is 1.33. The van der Waals surface area contributed by atoms with E-state index in [9.17, 15) is 0 Å². The average molecular weight is 220 g/mol. The molecule has 1 aromatic heterocycles. The van der Waals surface area contributed by atoms with Gasteiger partial charge in [0.2, 0.25) is 0 Å². The molecule has 0 spiro atoms. The summed E-state index contributed by atoms with van der Waals surface area (Å²) in [5.41, 5.74) is 8.11. The molecule has 0 atom stereocenters. The van der Waals surface area contributed by atoms with Crippen LogP contribution in [0, 0.1) is 0 Å². The van der Waals surface area contributed by atoms with Gasteiger partial charge in [0.05, 0.1) is 11.4 Å². The number of halogens is 1. The Morgan fingerprint density at radius 3 is 2.53 bits per heavy atom. The van der Waals surface area contributed by atoms with Crippen LogP contribution < -0.4 is 5.73 Å². The molecule has 0 unspecified atom stereocenters. The minimum Gasteiger partial charge on any atom is -0.396 e. The summed E-state index contributed by atoms with van der Waals surface area (Å²) in [6.45, 7) is 0. The molecule has 1 aromatic carbocycles. The highest BCUT2D eigenvalue weighted by molar-refractivity contribution is 6.31. The maximum atomic E-state index is 5.69. The number of nitrogens with zero attached hydrogens (tertiary/aromatic N) is 2. The molecule has 0 amide bonds. The molecule has 76 valence electrons. The van der Waals surface area contributed by atoms with Gasteiger partial charge in [0.15, 0.2) is 5.15 Å². The lowest BCUT2D eigenvalue weighted by atomic mass is 10.1. The molecule has 0 bridgehead atoms. The number of rotatable bonds is 2. The summed E-state index contributed by atoms with van der Waals surface area (Å²) in [6, 6.07) is 11.8. The Bertz CT molecular complexity index is 457. The summed E-state index contributed by atoms with van der Waals surface area (Å²) >= 11 is 5.69. The van der Waals surface area contributed by atoms with Gasteiger partial charge in [-0.05, 0) is 11.6 Å². The number of nitrogens with two attached hydrogens (primary N) is 1. The summed E-state index contributed by atoms with van der Waals surface area (Å²) in [5, 5.41) is 7.99. The van der Waals surface area contributed by atoms with Crippen molar-refractivity contribution >= 4 is 17.3 Å². The van der Waals surface area contributed by atoms with Crippen LogP contribution in [0.2, 0.25) is 5.15 Å². The van der Waals surface area contributed by atoms with Crippen molar-refractivity contribution in [3.05, 3.63) is 52.8 Å². The molecular formula is C11H10ClN3. The number of anilines is 1. The van der Waals surface area contributed by atoms with Crippen molar-refractivity contribution in [1.82, 2.24) is 10.2 Å².